The largest absolute Gasteiger partial charge is 0.469 e. The number of esters is 1. The van der Waals surface area contributed by atoms with E-state index < -0.39 is 0 Å². The fraction of sp³-hybridized carbons (Fsp3) is 0.240. The van der Waals surface area contributed by atoms with Crippen molar-refractivity contribution in [1.29, 1.82) is 0 Å². The molecule has 1 atom stereocenters. The number of nitrogens with zero attached hydrogens (tertiary/aromatic N) is 1. The number of aryl methyl sites for hydroxylation is 1. The molecule has 0 amide bonds. The summed E-state index contributed by atoms with van der Waals surface area (Å²) in [5.74, 6) is 2.47. The number of hydrogen-bond donors (Lipinski definition) is 1. The van der Waals surface area contributed by atoms with E-state index in [0.717, 1.165) is 27.0 Å². The van der Waals surface area contributed by atoms with Gasteiger partial charge in [0.05, 0.1) is 25.8 Å². The molecule has 0 saturated carbocycles. The highest BCUT2D eigenvalue weighted by molar-refractivity contribution is 8.00. The quantitative estimate of drug-likeness (QED) is 0.290. The third kappa shape index (κ3) is 5.08. The highest BCUT2D eigenvalue weighted by Crippen LogP contribution is 2.35. The number of methoxy groups -OCH3 is 1. The summed E-state index contributed by atoms with van der Waals surface area (Å²) in [6.07, 6.45) is 5.91. The van der Waals surface area contributed by atoms with Crippen molar-refractivity contribution < 1.29 is 9.53 Å². The Hall–Kier alpha value is -3.10. The van der Waals surface area contributed by atoms with Gasteiger partial charge in [-0.1, -0.05) is 47.9 Å². The van der Waals surface area contributed by atoms with Crippen LogP contribution in [0.15, 0.2) is 65.6 Å². The number of hydrogen-bond acceptors (Lipinski definition) is 5. The molecule has 0 bridgehead atoms. The average molecular weight is 419 g/mol. The van der Waals surface area contributed by atoms with Gasteiger partial charge in [0, 0.05) is 27.4 Å². The zero-order valence-corrected chi connectivity index (χ0v) is 18.3. The van der Waals surface area contributed by atoms with E-state index in [1.807, 2.05) is 19.1 Å². The molecule has 0 aliphatic carbocycles. The molecule has 0 saturated heterocycles. The summed E-state index contributed by atoms with van der Waals surface area (Å²) in [4.78, 5) is 15.0. The first-order chi connectivity index (χ1) is 14.5. The van der Waals surface area contributed by atoms with Crippen LogP contribution in [0.4, 0.5) is 11.4 Å². The zero-order valence-electron chi connectivity index (χ0n) is 17.5. The lowest BCUT2D eigenvalue weighted by Gasteiger charge is -2.30. The third-order valence-corrected chi connectivity index (χ3v) is 5.82. The molecule has 3 aromatic carbocycles. The number of fused-ring (bicyclic) bond motifs is 1. The van der Waals surface area contributed by atoms with Gasteiger partial charge in [-0.25, -0.2) is 0 Å². The number of benzene rings is 3. The molecule has 3 aromatic rings. The third-order valence-electron chi connectivity index (χ3n) is 4.99. The minimum Gasteiger partial charge on any atom is -0.469 e. The summed E-state index contributed by atoms with van der Waals surface area (Å²) in [5, 5.41) is 2.18. The van der Waals surface area contributed by atoms with Crippen molar-refractivity contribution in [2.24, 2.45) is 0 Å². The predicted octanol–water partition coefficient (Wildman–Crippen LogP) is 5.66. The maximum atomic E-state index is 11.8. The lowest BCUT2D eigenvalue weighted by Crippen LogP contribution is -2.35. The van der Waals surface area contributed by atoms with Crippen LogP contribution in [-0.4, -0.2) is 25.7 Å². The molecule has 0 aliphatic rings. The summed E-state index contributed by atoms with van der Waals surface area (Å²) >= 11 is 1.58. The van der Waals surface area contributed by atoms with Gasteiger partial charge in [0.2, 0.25) is 0 Å². The number of rotatable bonds is 8. The molecule has 0 heterocycles. The van der Waals surface area contributed by atoms with Crippen LogP contribution in [0.3, 0.4) is 0 Å². The highest BCUT2D eigenvalue weighted by atomic mass is 32.2. The van der Waals surface area contributed by atoms with Crippen LogP contribution in [0.2, 0.25) is 0 Å². The van der Waals surface area contributed by atoms with Gasteiger partial charge in [-0.3, -0.25) is 4.79 Å². The normalized spacial score (nSPS) is 11.5. The molecule has 5 heteroatoms. The van der Waals surface area contributed by atoms with E-state index in [0.29, 0.717) is 6.54 Å². The molecule has 1 N–H and O–H groups in total. The summed E-state index contributed by atoms with van der Waals surface area (Å²) in [7, 11) is 1.40. The monoisotopic (exact) mass is 418 g/mol. The number of nitrogens with one attached hydrogen (secondary N) is 1. The van der Waals surface area contributed by atoms with Gasteiger partial charge in [0.25, 0.3) is 0 Å². The van der Waals surface area contributed by atoms with E-state index in [2.05, 4.69) is 71.0 Å². The second kappa shape index (κ2) is 10.1. The van der Waals surface area contributed by atoms with Gasteiger partial charge in [-0.05, 0) is 50.1 Å². The summed E-state index contributed by atoms with van der Waals surface area (Å²) < 4.78 is 8.32. The molecular weight excluding hydrogens is 392 g/mol. The van der Waals surface area contributed by atoms with Crippen LogP contribution in [0.25, 0.3) is 10.8 Å². The van der Waals surface area contributed by atoms with Crippen LogP contribution in [0, 0.1) is 19.3 Å². The fourth-order valence-electron chi connectivity index (χ4n) is 3.35. The number of ether oxygens (including phenoxy) is 1. The zero-order chi connectivity index (χ0) is 21.5. The Morgan fingerprint density at radius 1 is 1.13 bits per heavy atom. The summed E-state index contributed by atoms with van der Waals surface area (Å²) in [6.45, 7) is 4.48. The van der Waals surface area contributed by atoms with E-state index in [1.54, 1.807) is 11.9 Å². The summed E-state index contributed by atoms with van der Waals surface area (Å²) in [6, 6.07) is 20.7. The Labute approximate surface area is 182 Å². The number of carbonyl (C=O) groups is 1. The van der Waals surface area contributed by atoms with E-state index in [4.69, 9.17) is 11.2 Å². The molecule has 30 heavy (non-hydrogen) atoms. The molecule has 0 unspecified atom stereocenters. The maximum absolute atomic E-state index is 11.8. The predicted molar refractivity (Wildman–Crippen MR) is 127 cm³/mol. The summed E-state index contributed by atoms with van der Waals surface area (Å²) in [5.41, 5.74) is 3.27. The van der Waals surface area contributed by atoms with Gasteiger partial charge < -0.3 is 14.4 Å². The van der Waals surface area contributed by atoms with Gasteiger partial charge in [-0.15, -0.1) is 6.42 Å². The van der Waals surface area contributed by atoms with E-state index in [1.165, 1.54) is 12.7 Å². The Balaban J connectivity index is 1.92. The smallest absolute Gasteiger partial charge is 0.307 e. The molecule has 0 radical (unpaired) electrons. The van der Waals surface area contributed by atoms with Crippen LogP contribution in [-0.2, 0) is 9.53 Å². The van der Waals surface area contributed by atoms with E-state index in [-0.39, 0.29) is 18.4 Å². The van der Waals surface area contributed by atoms with Gasteiger partial charge in [0.1, 0.15) is 0 Å². The number of terminal acetylenes is 1. The standard InChI is InChI=1S/C25H26N2O2S/c1-5-16-27(19(3)17-25(28)29-4)24-15-14-23(21-8-6-7-9-22(21)24)26-30-20-12-10-18(2)11-13-20/h1,6-15,19,26H,16-17H2,2-4H3/t19-/m0/s1. The number of anilines is 2. The van der Waals surface area contributed by atoms with Crippen molar-refractivity contribution in [1.82, 2.24) is 0 Å². The van der Waals surface area contributed by atoms with Gasteiger partial charge in [0.15, 0.2) is 0 Å². The fourth-order valence-corrected chi connectivity index (χ4v) is 4.03. The lowest BCUT2D eigenvalue weighted by molar-refractivity contribution is -0.140. The van der Waals surface area contributed by atoms with Crippen molar-refractivity contribution in [3.05, 3.63) is 66.2 Å². The molecule has 4 nitrogen and oxygen atoms in total. The minimum absolute atomic E-state index is 0.0855. The van der Waals surface area contributed by atoms with Crippen molar-refractivity contribution >= 4 is 40.1 Å². The average Bonchev–Trinajstić information content (AvgIpc) is 2.77. The van der Waals surface area contributed by atoms with Gasteiger partial charge >= 0.3 is 5.97 Å². The Kier molecular flexibility index (Phi) is 7.26. The first kappa shape index (κ1) is 21.6. The Bertz CT molecular complexity index is 1060. The van der Waals surface area contributed by atoms with Crippen LogP contribution in [0.5, 0.6) is 0 Å². The maximum Gasteiger partial charge on any atom is 0.307 e. The number of carbonyl (C=O) groups excluding carboxylic acids is 1. The van der Waals surface area contributed by atoms with Gasteiger partial charge in [-0.2, -0.15) is 0 Å². The highest BCUT2D eigenvalue weighted by Gasteiger charge is 2.20. The van der Waals surface area contributed by atoms with Crippen molar-refractivity contribution in [3.8, 4) is 12.3 Å². The molecule has 154 valence electrons. The second-order valence-corrected chi connectivity index (χ2v) is 8.04. The molecule has 0 aliphatic heterocycles. The molecular formula is C25H26N2O2S. The van der Waals surface area contributed by atoms with Crippen LogP contribution in [0.1, 0.15) is 18.9 Å². The minimum atomic E-state index is -0.249. The topological polar surface area (TPSA) is 41.6 Å². The van der Waals surface area contributed by atoms with E-state index >= 15 is 0 Å². The molecule has 0 aromatic heterocycles. The Morgan fingerprint density at radius 3 is 2.50 bits per heavy atom. The second-order valence-electron chi connectivity index (χ2n) is 7.16. The van der Waals surface area contributed by atoms with Crippen molar-refractivity contribution in [2.75, 3.05) is 23.3 Å². The SMILES string of the molecule is C#CCN(c1ccc(NSc2ccc(C)cc2)c2ccccc12)[C@@H](C)CC(=O)OC. The first-order valence-electron chi connectivity index (χ1n) is 9.81. The van der Waals surface area contributed by atoms with Crippen LogP contribution < -0.4 is 9.62 Å². The first-order valence-corrected chi connectivity index (χ1v) is 10.6. The van der Waals surface area contributed by atoms with Crippen LogP contribution >= 0.6 is 11.9 Å². The molecule has 0 spiro atoms. The lowest BCUT2D eigenvalue weighted by atomic mass is 10.0. The molecule has 0 fully saturated rings. The van der Waals surface area contributed by atoms with E-state index in [9.17, 15) is 4.79 Å². The van der Waals surface area contributed by atoms with Crippen molar-refractivity contribution in [2.45, 2.75) is 31.2 Å². The van der Waals surface area contributed by atoms with Crippen molar-refractivity contribution in [3.63, 3.8) is 0 Å². The molecule has 3 rings (SSSR count). The Morgan fingerprint density at radius 2 is 1.83 bits per heavy atom.